The Morgan fingerprint density at radius 3 is 2.81 bits per heavy atom. The van der Waals surface area contributed by atoms with Gasteiger partial charge in [0.05, 0.1) is 17.1 Å². The Hall–Kier alpha value is -1.89. The molecular weight excluding hydrogens is 386 g/mol. The average Bonchev–Trinajstić information content (AvgIpc) is 3.36. The van der Waals surface area contributed by atoms with Crippen molar-refractivity contribution in [3.05, 3.63) is 50.6 Å². The highest BCUT2D eigenvalue weighted by Crippen LogP contribution is 2.34. The van der Waals surface area contributed by atoms with E-state index in [1.165, 1.54) is 24.2 Å². The number of hydrogen-bond donors (Lipinski definition) is 1. The first-order valence-electron chi connectivity index (χ1n) is 8.47. The lowest BCUT2D eigenvalue weighted by atomic mass is 10.2. The highest BCUT2D eigenvalue weighted by molar-refractivity contribution is 7.17. The zero-order chi connectivity index (χ0) is 18.1. The molecule has 134 valence electrons. The van der Waals surface area contributed by atoms with E-state index >= 15 is 0 Å². The monoisotopic (exact) mass is 403 g/mol. The van der Waals surface area contributed by atoms with Gasteiger partial charge in [-0.15, -0.1) is 11.3 Å². The fourth-order valence-corrected chi connectivity index (χ4v) is 4.98. The van der Waals surface area contributed by atoms with Gasteiger partial charge < -0.3 is 10.2 Å². The van der Waals surface area contributed by atoms with Gasteiger partial charge in [-0.2, -0.15) is 11.3 Å². The molecule has 0 unspecified atom stereocenters. The first-order valence-corrected chi connectivity index (χ1v) is 10.6. The lowest BCUT2D eigenvalue weighted by Gasteiger charge is -2.21. The number of benzene rings is 1. The predicted molar refractivity (Wildman–Crippen MR) is 111 cm³/mol. The van der Waals surface area contributed by atoms with Crippen molar-refractivity contribution in [1.82, 2.24) is 4.98 Å². The van der Waals surface area contributed by atoms with E-state index in [9.17, 15) is 4.79 Å². The Kier molecular flexibility index (Phi) is 4.98. The second kappa shape index (κ2) is 7.39. The fourth-order valence-electron chi connectivity index (χ4n) is 3.14. The molecule has 0 aliphatic carbocycles. The van der Waals surface area contributed by atoms with Crippen molar-refractivity contribution in [3.63, 3.8) is 0 Å². The number of aryl methyl sites for hydroxylation is 1. The summed E-state index contributed by atoms with van der Waals surface area (Å²) in [6.45, 7) is 3.89. The zero-order valence-electron chi connectivity index (χ0n) is 14.3. The van der Waals surface area contributed by atoms with E-state index in [0.29, 0.717) is 9.90 Å². The Balaban J connectivity index is 1.62. The van der Waals surface area contributed by atoms with E-state index in [4.69, 9.17) is 11.6 Å². The molecule has 1 amide bonds. The molecule has 0 bridgehead atoms. The summed E-state index contributed by atoms with van der Waals surface area (Å²) < 4.78 is 0. The van der Waals surface area contributed by atoms with Gasteiger partial charge in [0.2, 0.25) is 0 Å². The number of aromatic nitrogens is 1. The van der Waals surface area contributed by atoms with Crippen LogP contribution in [0.3, 0.4) is 0 Å². The van der Waals surface area contributed by atoms with Crippen molar-refractivity contribution in [1.29, 1.82) is 0 Å². The van der Waals surface area contributed by atoms with E-state index in [1.54, 1.807) is 11.3 Å². The van der Waals surface area contributed by atoms with Crippen molar-refractivity contribution in [3.8, 4) is 10.6 Å². The molecule has 4 rings (SSSR count). The third-order valence-electron chi connectivity index (χ3n) is 4.42. The minimum absolute atomic E-state index is 0.135. The number of halogens is 1. The molecule has 0 atom stereocenters. The molecule has 0 spiro atoms. The van der Waals surface area contributed by atoms with Crippen molar-refractivity contribution >= 4 is 51.6 Å². The van der Waals surface area contributed by atoms with Crippen molar-refractivity contribution < 1.29 is 4.79 Å². The highest BCUT2D eigenvalue weighted by Gasteiger charge is 2.20. The molecule has 1 N–H and O–H groups in total. The Morgan fingerprint density at radius 2 is 2.08 bits per heavy atom. The number of hydrogen-bond acceptors (Lipinski definition) is 5. The van der Waals surface area contributed by atoms with Crippen LogP contribution in [0.4, 0.5) is 11.4 Å². The Morgan fingerprint density at radius 1 is 1.27 bits per heavy atom. The molecule has 7 heteroatoms. The van der Waals surface area contributed by atoms with Gasteiger partial charge in [-0.25, -0.2) is 4.98 Å². The van der Waals surface area contributed by atoms with Crippen molar-refractivity contribution in [2.24, 2.45) is 0 Å². The summed E-state index contributed by atoms with van der Waals surface area (Å²) in [4.78, 5) is 20.4. The van der Waals surface area contributed by atoms with Gasteiger partial charge in [0.15, 0.2) is 0 Å². The lowest BCUT2D eigenvalue weighted by molar-refractivity contribution is 0.103. The topological polar surface area (TPSA) is 45.2 Å². The molecule has 1 aromatic carbocycles. The fraction of sp³-hybridized carbons (Fsp3) is 0.263. The minimum Gasteiger partial charge on any atom is -0.370 e. The summed E-state index contributed by atoms with van der Waals surface area (Å²) in [5, 5.41) is 8.60. The molecule has 3 aromatic rings. The van der Waals surface area contributed by atoms with E-state index in [2.05, 4.69) is 15.2 Å². The highest BCUT2D eigenvalue weighted by atomic mass is 35.5. The van der Waals surface area contributed by atoms with Gasteiger partial charge in [-0.05, 0) is 49.4 Å². The van der Waals surface area contributed by atoms with Crippen LogP contribution < -0.4 is 10.2 Å². The molecule has 0 saturated carbocycles. The number of thiophene rings is 1. The number of nitrogens with zero attached hydrogens (tertiary/aromatic N) is 2. The van der Waals surface area contributed by atoms with Crippen molar-refractivity contribution in [2.45, 2.75) is 19.8 Å². The molecule has 1 aliphatic rings. The van der Waals surface area contributed by atoms with Gasteiger partial charge in [-0.1, -0.05) is 11.6 Å². The van der Waals surface area contributed by atoms with Crippen molar-refractivity contribution in [2.75, 3.05) is 23.3 Å². The SMILES string of the molecule is Cc1nc(-c2ccsc2)sc1C(=O)Nc1cc(Cl)ccc1N1CCCC1. The van der Waals surface area contributed by atoms with Crippen LogP contribution >= 0.6 is 34.3 Å². The molecule has 4 nitrogen and oxygen atoms in total. The van der Waals surface area contributed by atoms with Crippen LogP contribution in [0.15, 0.2) is 35.0 Å². The number of anilines is 2. The number of thiazole rings is 1. The predicted octanol–water partition coefficient (Wildman–Crippen LogP) is 5.69. The smallest absolute Gasteiger partial charge is 0.267 e. The number of carbonyl (C=O) groups is 1. The van der Waals surface area contributed by atoms with Crippen LogP contribution in [0.1, 0.15) is 28.2 Å². The van der Waals surface area contributed by atoms with Crippen LogP contribution in [0.5, 0.6) is 0 Å². The van der Waals surface area contributed by atoms with E-state index in [0.717, 1.165) is 40.7 Å². The molecular formula is C19H18ClN3OS2. The van der Waals surface area contributed by atoms with Crippen LogP contribution in [0.2, 0.25) is 5.02 Å². The van der Waals surface area contributed by atoms with Crippen LogP contribution in [0, 0.1) is 6.92 Å². The summed E-state index contributed by atoms with van der Waals surface area (Å²) in [6.07, 6.45) is 2.35. The quantitative estimate of drug-likeness (QED) is 0.608. The van der Waals surface area contributed by atoms with Crippen LogP contribution in [-0.4, -0.2) is 24.0 Å². The zero-order valence-corrected chi connectivity index (χ0v) is 16.7. The normalized spacial score (nSPS) is 14.0. The molecule has 1 fully saturated rings. The maximum atomic E-state index is 12.9. The maximum absolute atomic E-state index is 12.9. The summed E-state index contributed by atoms with van der Waals surface area (Å²) in [5.41, 5.74) is 3.59. The van der Waals surface area contributed by atoms with Gasteiger partial charge in [0, 0.05) is 29.1 Å². The third-order valence-corrected chi connectivity index (χ3v) is 6.55. The molecule has 3 heterocycles. The van der Waals surface area contributed by atoms with E-state index < -0.39 is 0 Å². The molecule has 2 aromatic heterocycles. The second-order valence-electron chi connectivity index (χ2n) is 6.26. The Bertz CT molecular complexity index is 930. The van der Waals surface area contributed by atoms with E-state index in [-0.39, 0.29) is 5.91 Å². The summed E-state index contributed by atoms with van der Waals surface area (Å²) in [6, 6.07) is 7.70. The number of amides is 1. The second-order valence-corrected chi connectivity index (χ2v) is 8.47. The average molecular weight is 404 g/mol. The standard InChI is InChI=1S/C19H18ClN3OS2/c1-12-17(26-19(21-12)13-6-9-25-11-13)18(24)22-15-10-14(20)4-5-16(15)23-7-2-3-8-23/h4-6,9-11H,2-3,7-8H2,1H3,(H,22,24). The number of carbonyl (C=O) groups excluding carboxylic acids is 1. The minimum atomic E-state index is -0.135. The van der Waals surface area contributed by atoms with Gasteiger partial charge in [0.1, 0.15) is 9.88 Å². The number of nitrogens with one attached hydrogen (secondary N) is 1. The maximum Gasteiger partial charge on any atom is 0.267 e. The molecule has 0 radical (unpaired) electrons. The summed E-state index contributed by atoms with van der Waals surface area (Å²) >= 11 is 9.23. The summed E-state index contributed by atoms with van der Waals surface area (Å²) in [7, 11) is 0. The molecule has 26 heavy (non-hydrogen) atoms. The van der Waals surface area contributed by atoms with Gasteiger partial charge in [0.25, 0.3) is 5.91 Å². The van der Waals surface area contributed by atoms with Gasteiger partial charge >= 0.3 is 0 Å². The third kappa shape index (κ3) is 3.49. The first-order chi connectivity index (χ1) is 12.6. The largest absolute Gasteiger partial charge is 0.370 e. The summed E-state index contributed by atoms with van der Waals surface area (Å²) in [5.74, 6) is -0.135. The molecule has 1 saturated heterocycles. The van der Waals surface area contributed by atoms with Crippen LogP contribution in [-0.2, 0) is 0 Å². The molecule has 1 aliphatic heterocycles. The Labute approximate surface area is 165 Å². The number of rotatable bonds is 4. The lowest BCUT2D eigenvalue weighted by Crippen LogP contribution is -2.21. The van der Waals surface area contributed by atoms with Crippen LogP contribution in [0.25, 0.3) is 10.6 Å². The van der Waals surface area contributed by atoms with E-state index in [1.807, 2.05) is 41.9 Å². The van der Waals surface area contributed by atoms with Gasteiger partial charge in [-0.3, -0.25) is 4.79 Å². The first kappa shape index (κ1) is 17.5.